The topological polar surface area (TPSA) is 29.1 Å². The first-order chi connectivity index (χ1) is 12.7. The lowest BCUT2D eigenvalue weighted by Crippen LogP contribution is -2.21. The zero-order valence-corrected chi connectivity index (χ0v) is 15.2. The lowest BCUT2D eigenvalue weighted by molar-refractivity contribution is 0.0956. The van der Waals surface area contributed by atoms with Crippen LogP contribution in [0.15, 0.2) is 43.0 Å². The Morgan fingerprint density at radius 3 is 2.69 bits per heavy atom. The molecule has 1 amide bonds. The summed E-state index contributed by atoms with van der Waals surface area (Å²) in [6.07, 6.45) is 8.14. The molecule has 1 N–H and O–H groups in total. The van der Waals surface area contributed by atoms with Gasteiger partial charge < -0.3 is 5.32 Å². The molecule has 2 heteroatoms. The first-order valence-corrected chi connectivity index (χ1v) is 9.95. The van der Waals surface area contributed by atoms with Gasteiger partial charge in [-0.1, -0.05) is 43.0 Å². The maximum absolute atomic E-state index is 12.8. The van der Waals surface area contributed by atoms with Gasteiger partial charge >= 0.3 is 0 Å². The normalized spacial score (nSPS) is 23.2. The molecule has 2 aromatic carbocycles. The maximum atomic E-state index is 12.8. The lowest BCUT2D eigenvalue weighted by atomic mass is 9.71. The van der Waals surface area contributed by atoms with E-state index in [4.69, 9.17) is 0 Å². The molecule has 3 aliphatic rings. The second kappa shape index (κ2) is 6.12. The molecule has 2 unspecified atom stereocenters. The van der Waals surface area contributed by atoms with Gasteiger partial charge in [0.15, 0.2) is 0 Å². The van der Waals surface area contributed by atoms with Crippen LogP contribution in [0.2, 0.25) is 0 Å². The van der Waals surface area contributed by atoms with Crippen molar-refractivity contribution in [2.45, 2.75) is 56.9 Å². The highest BCUT2D eigenvalue weighted by atomic mass is 16.2. The van der Waals surface area contributed by atoms with E-state index in [1.54, 1.807) is 5.56 Å². The number of aryl methyl sites for hydroxylation is 1. The molecule has 0 radical (unpaired) electrons. The van der Waals surface area contributed by atoms with Crippen LogP contribution in [-0.4, -0.2) is 5.91 Å². The summed E-state index contributed by atoms with van der Waals surface area (Å²) in [6, 6.07) is 12.7. The van der Waals surface area contributed by atoms with Crippen molar-refractivity contribution in [1.29, 1.82) is 0 Å². The van der Waals surface area contributed by atoms with Crippen LogP contribution in [0.3, 0.4) is 0 Å². The summed E-state index contributed by atoms with van der Waals surface area (Å²) in [4.78, 5) is 12.8. The van der Waals surface area contributed by atoms with Gasteiger partial charge in [0.25, 0.3) is 5.91 Å². The van der Waals surface area contributed by atoms with Gasteiger partial charge in [0.1, 0.15) is 0 Å². The van der Waals surface area contributed by atoms with Crippen molar-refractivity contribution >= 4 is 11.5 Å². The van der Waals surface area contributed by atoms with Gasteiger partial charge in [-0.2, -0.15) is 0 Å². The number of fused-ring (bicyclic) bond motifs is 2. The Morgan fingerprint density at radius 2 is 1.88 bits per heavy atom. The maximum Gasteiger partial charge on any atom is 0.252 e. The van der Waals surface area contributed by atoms with Crippen molar-refractivity contribution in [3.05, 3.63) is 76.4 Å². The summed E-state index contributed by atoms with van der Waals surface area (Å²) in [6.45, 7) is 4.29. The van der Waals surface area contributed by atoms with Gasteiger partial charge in [0.05, 0.1) is 6.04 Å². The van der Waals surface area contributed by atoms with Crippen molar-refractivity contribution in [2.24, 2.45) is 0 Å². The summed E-state index contributed by atoms with van der Waals surface area (Å²) < 4.78 is 0. The van der Waals surface area contributed by atoms with Crippen LogP contribution in [-0.2, 0) is 12.8 Å². The third kappa shape index (κ3) is 2.43. The highest BCUT2D eigenvalue weighted by Gasteiger charge is 2.37. The number of amides is 1. The van der Waals surface area contributed by atoms with Crippen LogP contribution in [0.25, 0.3) is 5.57 Å². The Labute approximate surface area is 155 Å². The molecule has 2 aromatic rings. The van der Waals surface area contributed by atoms with Crippen LogP contribution < -0.4 is 5.32 Å². The van der Waals surface area contributed by atoms with Gasteiger partial charge in [-0.15, -0.1) is 0 Å². The Kier molecular flexibility index (Phi) is 3.74. The molecule has 0 spiro atoms. The Hall–Kier alpha value is -2.35. The fourth-order valence-corrected chi connectivity index (χ4v) is 5.36. The Bertz CT molecular complexity index is 894. The molecule has 0 aromatic heterocycles. The van der Waals surface area contributed by atoms with Crippen LogP contribution in [0.5, 0.6) is 0 Å². The molecule has 1 heterocycles. The third-order valence-electron chi connectivity index (χ3n) is 6.52. The summed E-state index contributed by atoms with van der Waals surface area (Å²) >= 11 is 0. The molecule has 26 heavy (non-hydrogen) atoms. The standard InChI is InChI=1S/C24H25NO/c1-15(16-7-3-2-4-8-16)13-21-20-14-18-11-5-9-17-10-6-12-19(22(17)18)23(20)24(26)25-21/h2-4,7-8,14,17,21H,1,5-6,9-13H2,(H,25,26). The van der Waals surface area contributed by atoms with E-state index < -0.39 is 0 Å². The molecule has 0 saturated carbocycles. The van der Waals surface area contributed by atoms with Crippen LogP contribution >= 0.6 is 0 Å². The number of nitrogens with one attached hydrogen (secondary N) is 1. The average molecular weight is 343 g/mol. The predicted octanol–water partition coefficient (Wildman–Crippen LogP) is 5.33. The van der Waals surface area contributed by atoms with E-state index in [1.165, 1.54) is 48.8 Å². The number of hydrogen-bond acceptors (Lipinski definition) is 1. The molecule has 2 atom stereocenters. The molecule has 2 aliphatic carbocycles. The summed E-state index contributed by atoms with van der Waals surface area (Å²) in [5.41, 5.74) is 8.91. The van der Waals surface area contributed by atoms with Crippen molar-refractivity contribution < 1.29 is 4.79 Å². The minimum atomic E-state index is 0.0639. The van der Waals surface area contributed by atoms with Crippen molar-refractivity contribution in [3.63, 3.8) is 0 Å². The van der Waals surface area contributed by atoms with Crippen LogP contribution in [0.4, 0.5) is 0 Å². The molecular formula is C24H25NO. The number of hydrogen-bond donors (Lipinski definition) is 1. The molecule has 132 valence electrons. The van der Waals surface area contributed by atoms with Gasteiger partial charge in [-0.3, -0.25) is 4.79 Å². The van der Waals surface area contributed by atoms with Gasteiger partial charge in [0, 0.05) is 5.56 Å². The van der Waals surface area contributed by atoms with E-state index in [-0.39, 0.29) is 11.9 Å². The predicted molar refractivity (Wildman–Crippen MR) is 105 cm³/mol. The quantitative estimate of drug-likeness (QED) is 0.802. The van der Waals surface area contributed by atoms with Crippen molar-refractivity contribution in [1.82, 2.24) is 5.32 Å². The van der Waals surface area contributed by atoms with E-state index in [0.717, 1.165) is 29.5 Å². The summed E-state index contributed by atoms with van der Waals surface area (Å²) in [5, 5.41) is 3.26. The highest BCUT2D eigenvalue weighted by Crippen LogP contribution is 2.46. The second-order valence-electron chi connectivity index (χ2n) is 8.07. The zero-order chi connectivity index (χ0) is 17.7. The summed E-state index contributed by atoms with van der Waals surface area (Å²) in [7, 11) is 0. The molecule has 5 rings (SSSR count). The van der Waals surface area contributed by atoms with E-state index >= 15 is 0 Å². The Balaban J connectivity index is 1.54. The second-order valence-corrected chi connectivity index (χ2v) is 8.07. The molecule has 0 saturated heterocycles. The minimum absolute atomic E-state index is 0.0639. The molecular weight excluding hydrogens is 318 g/mol. The number of benzene rings is 2. The fraction of sp³-hybridized carbons (Fsp3) is 0.375. The van der Waals surface area contributed by atoms with Crippen LogP contribution in [0.1, 0.15) is 82.2 Å². The molecule has 1 aliphatic heterocycles. The monoisotopic (exact) mass is 343 g/mol. The SMILES string of the molecule is C=C(CC1NC(=O)c2c1cc1c3c2CCCC3CCC1)c1ccccc1. The Morgan fingerprint density at radius 1 is 1.12 bits per heavy atom. The minimum Gasteiger partial charge on any atom is -0.345 e. The van der Waals surface area contributed by atoms with E-state index in [0.29, 0.717) is 5.92 Å². The largest absolute Gasteiger partial charge is 0.345 e. The number of carbonyl (C=O) groups is 1. The zero-order valence-electron chi connectivity index (χ0n) is 15.2. The third-order valence-corrected chi connectivity index (χ3v) is 6.52. The van der Waals surface area contributed by atoms with Gasteiger partial charge in [-0.05, 0) is 84.3 Å². The van der Waals surface area contributed by atoms with Gasteiger partial charge in [-0.25, -0.2) is 0 Å². The van der Waals surface area contributed by atoms with E-state index in [2.05, 4.69) is 30.1 Å². The van der Waals surface area contributed by atoms with E-state index in [1.807, 2.05) is 18.2 Å². The smallest absolute Gasteiger partial charge is 0.252 e. The molecule has 0 fully saturated rings. The summed E-state index contributed by atoms with van der Waals surface area (Å²) in [5.74, 6) is 0.828. The first-order valence-electron chi connectivity index (χ1n) is 9.95. The van der Waals surface area contributed by atoms with Crippen LogP contribution in [0, 0.1) is 0 Å². The first kappa shape index (κ1) is 15.9. The average Bonchev–Trinajstić information content (AvgIpc) is 2.98. The molecule has 2 nitrogen and oxygen atoms in total. The van der Waals surface area contributed by atoms with Gasteiger partial charge in [0.2, 0.25) is 0 Å². The number of rotatable bonds is 3. The van der Waals surface area contributed by atoms with Crippen molar-refractivity contribution in [3.8, 4) is 0 Å². The highest BCUT2D eigenvalue weighted by molar-refractivity contribution is 6.01. The number of carbonyl (C=O) groups excluding carboxylic acids is 1. The molecule has 0 bridgehead atoms. The van der Waals surface area contributed by atoms with Crippen molar-refractivity contribution in [2.75, 3.05) is 0 Å². The lowest BCUT2D eigenvalue weighted by Gasteiger charge is -2.33. The fourth-order valence-electron chi connectivity index (χ4n) is 5.36. The van der Waals surface area contributed by atoms with E-state index in [9.17, 15) is 4.79 Å².